The summed E-state index contributed by atoms with van der Waals surface area (Å²) in [5, 5.41) is 9.85. The van der Waals surface area contributed by atoms with Crippen molar-refractivity contribution in [2.24, 2.45) is 0 Å². The Morgan fingerprint density at radius 2 is 2.33 bits per heavy atom. The number of hydrogen-bond donors (Lipinski definition) is 1. The second-order valence-electron chi connectivity index (χ2n) is 3.24. The average Bonchev–Trinajstić information content (AvgIpc) is 2.63. The van der Waals surface area contributed by atoms with Crippen molar-refractivity contribution >= 4 is 11.3 Å². The summed E-state index contributed by atoms with van der Waals surface area (Å²) >= 11 is 1.65. The number of aromatic nitrogens is 2. The van der Waals surface area contributed by atoms with Crippen LogP contribution in [0.5, 0.6) is 0 Å². The van der Waals surface area contributed by atoms with Crippen molar-refractivity contribution in [2.75, 3.05) is 6.61 Å². The molecule has 0 fully saturated rings. The van der Waals surface area contributed by atoms with Gasteiger partial charge in [-0.1, -0.05) is 0 Å². The van der Waals surface area contributed by atoms with Crippen LogP contribution in [0.4, 0.5) is 0 Å². The van der Waals surface area contributed by atoms with E-state index < -0.39 is 0 Å². The standard InChI is InChI=1S/C11H12N2OS/c1-8-10(4-6-14)13-11(15-8)9-3-2-5-12-7-9/h2-3,5,7,14H,4,6H2,1H3. The fourth-order valence-electron chi connectivity index (χ4n) is 1.38. The maximum atomic E-state index is 8.88. The largest absolute Gasteiger partial charge is 0.396 e. The first-order valence-corrected chi connectivity index (χ1v) is 5.60. The van der Waals surface area contributed by atoms with Gasteiger partial charge in [0.2, 0.25) is 0 Å². The van der Waals surface area contributed by atoms with E-state index in [0.717, 1.165) is 16.3 Å². The Morgan fingerprint density at radius 3 is 3.00 bits per heavy atom. The summed E-state index contributed by atoms with van der Waals surface area (Å²) in [5.41, 5.74) is 2.02. The molecule has 0 radical (unpaired) electrons. The first-order chi connectivity index (χ1) is 7.31. The highest BCUT2D eigenvalue weighted by Gasteiger charge is 2.08. The van der Waals surface area contributed by atoms with Gasteiger partial charge in [0.15, 0.2) is 0 Å². The Balaban J connectivity index is 2.34. The van der Waals surface area contributed by atoms with E-state index in [1.165, 1.54) is 4.88 Å². The van der Waals surface area contributed by atoms with Crippen LogP contribution in [0.2, 0.25) is 0 Å². The lowest BCUT2D eigenvalue weighted by Crippen LogP contribution is -1.92. The molecule has 0 aliphatic rings. The van der Waals surface area contributed by atoms with Crippen LogP contribution in [-0.2, 0) is 6.42 Å². The number of hydrogen-bond acceptors (Lipinski definition) is 4. The molecule has 0 spiro atoms. The maximum Gasteiger partial charge on any atom is 0.125 e. The molecule has 0 amide bonds. The number of aliphatic hydroxyl groups excluding tert-OH is 1. The quantitative estimate of drug-likeness (QED) is 0.861. The molecule has 0 unspecified atom stereocenters. The number of thiazole rings is 1. The maximum absolute atomic E-state index is 8.88. The summed E-state index contributed by atoms with van der Waals surface area (Å²) in [4.78, 5) is 9.72. The van der Waals surface area contributed by atoms with Gasteiger partial charge in [-0.05, 0) is 19.1 Å². The summed E-state index contributed by atoms with van der Waals surface area (Å²) in [6.45, 7) is 2.18. The van der Waals surface area contributed by atoms with Crippen LogP contribution in [0.3, 0.4) is 0 Å². The Labute approximate surface area is 92.5 Å². The van der Waals surface area contributed by atoms with E-state index >= 15 is 0 Å². The fraction of sp³-hybridized carbons (Fsp3) is 0.273. The van der Waals surface area contributed by atoms with E-state index in [-0.39, 0.29) is 6.61 Å². The van der Waals surface area contributed by atoms with Crippen molar-refractivity contribution in [3.05, 3.63) is 35.1 Å². The predicted molar refractivity (Wildman–Crippen MR) is 60.9 cm³/mol. The van der Waals surface area contributed by atoms with E-state index in [2.05, 4.69) is 9.97 Å². The molecule has 0 aliphatic carbocycles. The predicted octanol–water partition coefficient (Wildman–Crippen LogP) is 2.05. The van der Waals surface area contributed by atoms with Crippen LogP contribution >= 0.6 is 11.3 Å². The third-order valence-corrected chi connectivity index (χ3v) is 3.21. The molecule has 4 heteroatoms. The fourth-order valence-corrected chi connectivity index (χ4v) is 2.33. The lowest BCUT2D eigenvalue weighted by molar-refractivity contribution is 0.298. The van der Waals surface area contributed by atoms with E-state index in [4.69, 9.17) is 5.11 Å². The minimum absolute atomic E-state index is 0.150. The van der Waals surface area contributed by atoms with Crippen LogP contribution in [0.15, 0.2) is 24.5 Å². The molecule has 2 heterocycles. The highest BCUT2D eigenvalue weighted by molar-refractivity contribution is 7.15. The first kappa shape index (κ1) is 10.3. The topological polar surface area (TPSA) is 46.0 Å². The van der Waals surface area contributed by atoms with Gasteiger partial charge in [-0.25, -0.2) is 4.98 Å². The van der Waals surface area contributed by atoms with Crippen molar-refractivity contribution in [3.63, 3.8) is 0 Å². The molecule has 0 aromatic carbocycles. The molecule has 15 heavy (non-hydrogen) atoms. The van der Waals surface area contributed by atoms with Crippen LogP contribution in [0.1, 0.15) is 10.6 Å². The Morgan fingerprint density at radius 1 is 1.47 bits per heavy atom. The van der Waals surface area contributed by atoms with E-state index in [9.17, 15) is 0 Å². The third kappa shape index (κ3) is 2.22. The molecule has 0 bridgehead atoms. The molecule has 1 N–H and O–H groups in total. The molecular formula is C11H12N2OS. The van der Waals surface area contributed by atoms with E-state index in [1.807, 2.05) is 19.1 Å². The Hall–Kier alpha value is -1.26. The average molecular weight is 220 g/mol. The minimum atomic E-state index is 0.150. The molecule has 0 atom stereocenters. The molecule has 2 aromatic heterocycles. The molecule has 0 saturated heterocycles. The molecule has 0 aliphatic heterocycles. The molecule has 78 valence electrons. The van der Waals surface area contributed by atoms with Crippen molar-refractivity contribution in [2.45, 2.75) is 13.3 Å². The van der Waals surface area contributed by atoms with Crippen molar-refractivity contribution in [1.82, 2.24) is 9.97 Å². The summed E-state index contributed by atoms with van der Waals surface area (Å²) < 4.78 is 0. The highest BCUT2D eigenvalue weighted by atomic mass is 32.1. The molecule has 2 rings (SSSR count). The van der Waals surface area contributed by atoms with Gasteiger partial charge in [0.1, 0.15) is 5.01 Å². The molecular weight excluding hydrogens is 208 g/mol. The van der Waals surface area contributed by atoms with E-state index in [1.54, 1.807) is 23.7 Å². The smallest absolute Gasteiger partial charge is 0.125 e. The number of rotatable bonds is 3. The third-order valence-electron chi connectivity index (χ3n) is 2.15. The Kier molecular flexibility index (Phi) is 3.08. The first-order valence-electron chi connectivity index (χ1n) is 4.79. The lowest BCUT2D eigenvalue weighted by atomic mass is 10.3. The zero-order valence-electron chi connectivity index (χ0n) is 8.47. The van der Waals surface area contributed by atoms with E-state index in [0.29, 0.717) is 6.42 Å². The second-order valence-corrected chi connectivity index (χ2v) is 4.44. The van der Waals surface area contributed by atoms with Crippen LogP contribution in [0.25, 0.3) is 10.6 Å². The molecule has 2 aromatic rings. The van der Waals surface area contributed by atoms with Gasteiger partial charge in [-0.15, -0.1) is 11.3 Å². The van der Waals surface area contributed by atoms with Gasteiger partial charge in [-0.3, -0.25) is 4.98 Å². The molecule has 0 saturated carbocycles. The van der Waals surface area contributed by atoms with Gasteiger partial charge in [0, 0.05) is 35.9 Å². The second kappa shape index (κ2) is 4.51. The lowest BCUT2D eigenvalue weighted by Gasteiger charge is -1.93. The van der Waals surface area contributed by atoms with Gasteiger partial charge in [-0.2, -0.15) is 0 Å². The normalized spacial score (nSPS) is 10.5. The zero-order chi connectivity index (χ0) is 10.7. The van der Waals surface area contributed by atoms with Gasteiger partial charge in [0.25, 0.3) is 0 Å². The zero-order valence-corrected chi connectivity index (χ0v) is 9.29. The SMILES string of the molecule is Cc1sc(-c2cccnc2)nc1CCO. The summed E-state index contributed by atoms with van der Waals surface area (Å²) in [6, 6.07) is 3.89. The highest BCUT2D eigenvalue weighted by Crippen LogP contribution is 2.26. The number of nitrogens with zero attached hydrogens (tertiary/aromatic N) is 2. The van der Waals surface area contributed by atoms with Crippen LogP contribution in [0, 0.1) is 6.92 Å². The Bertz CT molecular complexity index is 439. The van der Waals surface area contributed by atoms with Crippen molar-refractivity contribution in [3.8, 4) is 10.6 Å². The molecule has 3 nitrogen and oxygen atoms in total. The van der Waals surface area contributed by atoms with Crippen LogP contribution in [-0.4, -0.2) is 21.7 Å². The summed E-state index contributed by atoms with van der Waals surface area (Å²) in [5.74, 6) is 0. The number of aliphatic hydroxyl groups is 1. The van der Waals surface area contributed by atoms with Gasteiger partial charge in [0.05, 0.1) is 5.69 Å². The van der Waals surface area contributed by atoms with Gasteiger partial charge < -0.3 is 5.11 Å². The monoisotopic (exact) mass is 220 g/mol. The van der Waals surface area contributed by atoms with Crippen molar-refractivity contribution in [1.29, 1.82) is 0 Å². The summed E-state index contributed by atoms with van der Waals surface area (Å²) in [6.07, 6.45) is 4.18. The minimum Gasteiger partial charge on any atom is -0.396 e. The summed E-state index contributed by atoms with van der Waals surface area (Å²) in [7, 11) is 0. The van der Waals surface area contributed by atoms with Crippen LogP contribution < -0.4 is 0 Å². The number of aryl methyl sites for hydroxylation is 1. The van der Waals surface area contributed by atoms with Gasteiger partial charge >= 0.3 is 0 Å². The van der Waals surface area contributed by atoms with Crippen molar-refractivity contribution < 1.29 is 5.11 Å². The number of pyridine rings is 1.